The van der Waals surface area contributed by atoms with Crippen molar-refractivity contribution in [2.45, 2.75) is 19.4 Å². The molecule has 32 heavy (non-hydrogen) atoms. The fourth-order valence-electron chi connectivity index (χ4n) is 3.60. The van der Waals surface area contributed by atoms with Crippen molar-refractivity contribution in [1.29, 1.82) is 0 Å². The van der Waals surface area contributed by atoms with Gasteiger partial charge in [0.1, 0.15) is 0 Å². The molecule has 1 N–H and O–H groups in total. The Morgan fingerprint density at radius 1 is 1.16 bits per heavy atom. The first-order valence-corrected chi connectivity index (χ1v) is 10.8. The zero-order chi connectivity index (χ0) is 23.3. The molecule has 0 aliphatic carbocycles. The molecule has 0 spiro atoms. The first-order chi connectivity index (χ1) is 15.4. The van der Waals surface area contributed by atoms with Gasteiger partial charge in [0.25, 0.3) is 0 Å². The molecule has 3 rings (SSSR count). The minimum absolute atomic E-state index is 0.132. The summed E-state index contributed by atoms with van der Waals surface area (Å²) in [5.41, 5.74) is 2.48. The number of hydrogen-bond acceptors (Lipinski definition) is 9. The normalized spacial score (nSPS) is 17.4. The predicted octanol–water partition coefficient (Wildman–Crippen LogP) is 2.60. The summed E-state index contributed by atoms with van der Waals surface area (Å²) in [7, 11) is 6.04. The lowest BCUT2D eigenvalue weighted by Gasteiger charge is -2.36. The van der Waals surface area contributed by atoms with E-state index in [9.17, 15) is 9.59 Å². The molecule has 1 atom stereocenters. The molecule has 0 saturated heterocycles. The van der Waals surface area contributed by atoms with Crippen LogP contribution in [0.4, 0.5) is 0 Å². The fraction of sp³-hybridized carbons (Fsp3) is 0.409. The highest BCUT2D eigenvalue weighted by Gasteiger charge is 2.41. The molecular weight excluding hydrogens is 434 g/mol. The van der Waals surface area contributed by atoms with E-state index in [1.54, 1.807) is 34.3 Å². The number of nitrogens with one attached hydrogen (secondary N) is 1. The van der Waals surface area contributed by atoms with Crippen LogP contribution < -0.4 is 14.8 Å². The number of benzene rings is 1. The van der Waals surface area contributed by atoms with Crippen molar-refractivity contribution in [1.82, 2.24) is 10.2 Å². The summed E-state index contributed by atoms with van der Waals surface area (Å²) in [6.45, 7) is 2.63. The van der Waals surface area contributed by atoms with E-state index in [0.717, 1.165) is 11.3 Å². The second-order valence-electron chi connectivity index (χ2n) is 7.02. The van der Waals surface area contributed by atoms with E-state index >= 15 is 0 Å². The van der Waals surface area contributed by atoms with Crippen molar-refractivity contribution < 1.29 is 28.5 Å². The molecule has 10 heteroatoms. The SMILES string of the molecule is COCCNC(=O)CC1=CSC2=NC(C)=C(C(=O)OC)C(c3ccc(OC)c(OC)c3)N12. The maximum absolute atomic E-state index is 12.8. The average molecular weight is 462 g/mol. The number of allylic oxidation sites excluding steroid dienone is 1. The van der Waals surface area contributed by atoms with Crippen LogP contribution in [0.15, 0.2) is 45.6 Å². The minimum Gasteiger partial charge on any atom is -0.493 e. The van der Waals surface area contributed by atoms with Crippen molar-refractivity contribution in [3.8, 4) is 11.5 Å². The van der Waals surface area contributed by atoms with Crippen LogP contribution in [0.3, 0.4) is 0 Å². The molecule has 2 aliphatic rings. The van der Waals surface area contributed by atoms with Gasteiger partial charge in [-0.3, -0.25) is 4.79 Å². The lowest BCUT2D eigenvalue weighted by atomic mass is 9.93. The van der Waals surface area contributed by atoms with Gasteiger partial charge in [0.15, 0.2) is 16.7 Å². The van der Waals surface area contributed by atoms with E-state index in [4.69, 9.17) is 18.9 Å². The zero-order valence-electron chi connectivity index (χ0n) is 18.8. The van der Waals surface area contributed by atoms with Crippen molar-refractivity contribution in [3.05, 3.63) is 46.1 Å². The fourth-order valence-corrected chi connectivity index (χ4v) is 4.56. The summed E-state index contributed by atoms with van der Waals surface area (Å²) in [6.07, 6.45) is 0.132. The highest BCUT2D eigenvalue weighted by atomic mass is 32.2. The number of fused-ring (bicyclic) bond motifs is 1. The summed E-state index contributed by atoms with van der Waals surface area (Å²) in [4.78, 5) is 31.8. The van der Waals surface area contributed by atoms with E-state index in [1.807, 2.05) is 22.4 Å². The third kappa shape index (κ3) is 4.76. The molecule has 2 aliphatic heterocycles. The number of carbonyl (C=O) groups excluding carboxylic acids is 2. The van der Waals surface area contributed by atoms with Gasteiger partial charge in [-0.05, 0) is 30.0 Å². The Kier molecular flexibility index (Phi) is 7.81. The summed E-state index contributed by atoms with van der Waals surface area (Å²) in [6, 6.07) is 4.93. The molecule has 0 saturated carbocycles. The number of thioether (sulfide) groups is 1. The van der Waals surface area contributed by atoms with Gasteiger partial charge in [0.05, 0.1) is 51.7 Å². The summed E-state index contributed by atoms with van der Waals surface area (Å²) >= 11 is 1.41. The van der Waals surface area contributed by atoms with Crippen LogP contribution in [0.2, 0.25) is 0 Å². The van der Waals surface area contributed by atoms with Crippen LogP contribution in [0, 0.1) is 0 Å². The number of methoxy groups -OCH3 is 4. The number of ether oxygens (including phenoxy) is 4. The third-order valence-electron chi connectivity index (χ3n) is 5.10. The molecule has 1 aromatic rings. The highest BCUT2D eigenvalue weighted by Crippen LogP contribution is 2.46. The Labute approximate surface area is 191 Å². The number of nitrogens with zero attached hydrogens (tertiary/aromatic N) is 2. The smallest absolute Gasteiger partial charge is 0.338 e. The number of amides is 1. The molecule has 0 aromatic heterocycles. The van der Waals surface area contributed by atoms with Gasteiger partial charge in [-0.25, -0.2) is 9.79 Å². The molecule has 9 nitrogen and oxygen atoms in total. The molecule has 1 unspecified atom stereocenters. The largest absolute Gasteiger partial charge is 0.493 e. The number of esters is 1. The van der Waals surface area contributed by atoms with Crippen molar-refractivity contribution >= 4 is 28.8 Å². The van der Waals surface area contributed by atoms with Crippen molar-refractivity contribution in [2.24, 2.45) is 4.99 Å². The van der Waals surface area contributed by atoms with Gasteiger partial charge in [-0.2, -0.15) is 0 Å². The molecule has 0 bridgehead atoms. The van der Waals surface area contributed by atoms with Crippen LogP contribution in [-0.2, 0) is 19.1 Å². The van der Waals surface area contributed by atoms with Crippen molar-refractivity contribution in [2.75, 3.05) is 41.6 Å². The number of carbonyl (C=O) groups is 2. The zero-order valence-corrected chi connectivity index (χ0v) is 19.6. The first-order valence-electron chi connectivity index (χ1n) is 9.95. The highest BCUT2D eigenvalue weighted by molar-refractivity contribution is 8.16. The quantitative estimate of drug-likeness (QED) is 0.443. The summed E-state index contributed by atoms with van der Waals surface area (Å²) < 4.78 is 20.9. The van der Waals surface area contributed by atoms with E-state index in [-0.39, 0.29) is 12.3 Å². The van der Waals surface area contributed by atoms with Crippen LogP contribution in [0.5, 0.6) is 11.5 Å². The lowest BCUT2D eigenvalue weighted by molar-refractivity contribution is -0.136. The summed E-state index contributed by atoms with van der Waals surface area (Å²) in [5.74, 6) is 0.481. The second kappa shape index (κ2) is 10.6. The van der Waals surface area contributed by atoms with Crippen LogP contribution in [0.1, 0.15) is 24.9 Å². The number of rotatable bonds is 9. The van der Waals surface area contributed by atoms with Gasteiger partial charge >= 0.3 is 5.97 Å². The standard InChI is InChI=1S/C22H27N3O6S/c1-13-19(21(27)31-5)20(14-6-7-16(29-3)17(10-14)30-4)25-15(12-32-22(25)24-13)11-18(26)23-8-9-28-2/h6-7,10,12,20H,8-9,11H2,1-5H3,(H,23,26). The Morgan fingerprint density at radius 2 is 1.91 bits per heavy atom. The van der Waals surface area contributed by atoms with Gasteiger partial charge in [-0.1, -0.05) is 17.8 Å². The predicted molar refractivity (Wildman–Crippen MR) is 121 cm³/mol. The van der Waals surface area contributed by atoms with Crippen LogP contribution in [0.25, 0.3) is 0 Å². The second-order valence-corrected chi connectivity index (χ2v) is 7.86. The Balaban J connectivity index is 2.01. The van der Waals surface area contributed by atoms with E-state index in [0.29, 0.717) is 41.1 Å². The lowest BCUT2D eigenvalue weighted by Crippen LogP contribution is -2.38. The topological polar surface area (TPSA) is 98.7 Å². The Bertz CT molecular complexity index is 988. The van der Waals surface area contributed by atoms with Gasteiger partial charge in [-0.15, -0.1) is 0 Å². The van der Waals surface area contributed by atoms with Gasteiger partial charge < -0.3 is 29.2 Å². The number of hydrogen-bond donors (Lipinski definition) is 1. The Morgan fingerprint density at radius 3 is 2.56 bits per heavy atom. The van der Waals surface area contributed by atoms with Crippen molar-refractivity contribution in [3.63, 3.8) is 0 Å². The molecule has 1 aromatic carbocycles. The summed E-state index contributed by atoms with van der Waals surface area (Å²) in [5, 5.41) is 5.40. The molecule has 172 valence electrons. The third-order valence-corrected chi connectivity index (χ3v) is 5.99. The molecule has 0 fully saturated rings. The average Bonchev–Trinajstić information content (AvgIpc) is 3.19. The van der Waals surface area contributed by atoms with E-state index < -0.39 is 12.0 Å². The minimum atomic E-state index is -0.539. The first kappa shape index (κ1) is 23.7. The van der Waals surface area contributed by atoms with Crippen LogP contribution in [-0.4, -0.2) is 63.5 Å². The number of amidine groups is 1. The molecule has 0 radical (unpaired) electrons. The molecule has 2 heterocycles. The van der Waals surface area contributed by atoms with Gasteiger partial charge in [0, 0.05) is 19.4 Å². The van der Waals surface area contributed by atoms with Gasteiger partial charge in [0.2, 0.25) is 5.91 Å². The van der Waals surface area contributed by atoms with Crippen LogP contribution >= 0.6 is 11.8 Å². The van der Waals surface area contributed by atoms with E-state index in [1.165, 1.54) is 18.9 Å². The molecule has 1 amide bonds. The maximum Gasteiger partial charge on any atom is 0.338 e. The number of aliphatic imine (C=N–C) groups is 1. The maximum atomic E-state index is 12.8. The van der Waals surface area contributed by atoms with E-state index in [2.05, 4.69) is 10.3 Å². The monoisotopic (exact) mass is 461 g/mol. The molecular formula is C22H27N3O6S. The Hall–Kier alpha value is -2.98.